The third kappa shape index (κ3) is 3.82. The first kappa shape index (κ1) is 17.1. The van der Waals surface area contributed by atoms with E-state index in [-0.39, 0.29) is 0 Å². The number of anilines is 1. The smallest absolute Gasteiger partial charge is 0.165 e. The lowest BCUT2D eigenvalue weighted by Crippen LogP contribution is -2.52. The zero-order valence-corrected chi connectivity index (χ0v) is 14.6. The van der Waals surface area contributed by atoms with Gasteiger partial charge in [-0.15, -0.1) is 0 Å². The number of aromatic nitrogens is 4. The van der Waals surface area contributed by atoms with Crippen molar-refractivity contribution in [1.29, 1.82) is 0 Å². The summed E-state index contributed by atoms with van der Waals surface area (Å²) in [6.07, 6.45) is 4.37. The average Bonchev–Trinajstić information content (AvgIpc) is 2.99. The van der Waals surface area contributed by atoms with Crippen molar-refractivity contribution in [2.24, 2.45) is 0 Å². The number of nitrogens with two attached hydrogens (primary N) is 1. The van der Waals surface area contributed by atoms with Crippen LogP contribution in [0.25, 0.3) is 11.2 Å². The molecule has 0 radical (unpaired) electrons. The highest BCUT2D eigenvalue weighted by Crippen LogP contribution is 2.15. The summed E-state index contributed by atoms with van der Waals surface area (Å²) in [4.78, 5) is 17.6. The topological polar surface area (TPSA) is 85.3 Å². The van der Waals surface area contributed by atoms with E-state index in [4.69, 9.17) is 10.5 Å². The van der Waals surface area contributed by atoms with E-state index in [9.17, 15) is 0 Å². The number of hydrogen-bond acceptors (Lipinski definition) is 7. The number of nitrogens with zero attached hydrogens (tertiary/aromatic N) is 6. The number of ether oxygens (including phenoxy) is 1. The van der Waals surface area contributed by atoms with Crippen molar-refractivity contribution in [3.05, 3.63) is 12.7 Å². The minimum Gasteiger partial charge on any atom is -0.383 e. The minimum absolute atomic E-state index is 0.444. The largest absolute Gasteiger partial charge is 0.383 e. The summed E-state index contributed by atoms with van der Waals surface area (Å²) in [6.45, 7) is 9.45. The van der Waals surface area contributed by atoms with Crippen molar-refractivity contribution in [3.63, 3.8) is 0 Å². The molecule has 2 aromatic heterocycles. The predicted octanol–water partition coefficient (Wildman–Crippen LogP) is 0.451. The van der Waals surface area contributed by atoms with E-state index in [1.807, 2.05) is 0 Å². The third-order valence-electron chi connectivity index (χ3n) is 4.73. The minimum atomic E-state index is 0.444. The molecule has 24 heavy (non-hydrogen) atoms. The van der Waals surface area contributed by atoms with E-state index in [0.29, 0.717) is 17.4 Å². The second kappa shape index (κ2) is 7.87. The van der Waals surface area contributed by atoms with Crippen LogP contribution in [0.3, 0.4) is 0 Å². The summed E-state index contributed by atoms with van der Waals surface area (Å²) in [6, 6.07) is 0.579. The van der Waals surface area contributed by atoms with Crippen molar-refractivity contribution in [1.82, 2.24) is 29.3 Å². The Labute approximate surface area is 142 Å². The summed E-state index contributed by atoms with van der Waals surface area (Å²) in [7, 11) is 1.76. The average molecular weight is 333 g/mol. The Balaban J connectivity index is 1.47. The molecule has 0 aromatic carbocycles. The second-order valence-electron chi connectivity index (χ2n) is 6.40. The van der Waals surface area contributed by atoms with Crippen molar-refractivity contribution in [2.45, 2.75) is 25.9 Å². The van der Waals surface area contributed by atoms with Crippen molar-refractivity contribution < 1.29 is 4.74 Å². The van der Waals surface area contributed by atoms with Crippen LogP contribution in [-0.4, -0.2) is 81.8 Å². The van der Waals surface area contributed by atoms with Crippen molar-refractivity contribution in [3.8, 4) is 0 Å². The van der Waals surface area contributed by atoms with Crippen LogP contribution in [0.15, 0.2) is 12.7 Å². The summed E-state index contributed by atoms with van der Waals surface area (Å²) >= 11 is 0. The highest BCUT2D eigenvalue weighted by Gasteiger charge is 2.22. The van der Waals surface area contributed by atoms with Crippen LogP contribution in [-0.2, 0) is 11.3 Å². The first-order valence-corrected chi connectivity index (χ1v) is 8.55. The van der Waals surface area contributed by atoms with Gasteiger partial charge in [0.1, 0.15) is 11.8 Å². The molecule has 0 spiro atoms. The maximum Gasteiger partial charge on any atom is 0.165 e. The molecule has 3 rings (SSSR count). The van der Waals surface area contributed by atoms with Gasteiger partial charge in [0, 0.05) is 45.9 Å². The Morgan fingerprint density at radius 3 is 2.88 bits per heavy atom. The molecule has 0 saturated carbocycles. The second-order valence-corrected chi connectivity index (χ2v) is 6.40. The molecule has 1 atom stereocenters. The van der Waals surface area contributed by atoms with E-state index in [0.717, 1.165) is 57.9 Å². The first-order valence-electron chi connectivity index (χ1n) is 8.55. The van der Waals surface area contributed by atoms with Gasteiger partial charge in [-0.1, -0.05) is 0 Å². The molecule has 1 fully saturated rings. The number of fused-ring (bicyclic) bond motifs is 1. The van der Waals surface area contributed by atoms with Crippen LogP contribution in [0.1, 0.15) is 13.3 Å². The maximum absolute atomic E-state index is 5.83. The zero-order chi connectivity index (χ0) is 16.9. The fraction of sp³-hybridized carbons (Fsp3) is 0.688. The fourth-order valence-corrected chi connectivity index (χ4v) is 3.34. The Hall–Kier alpha value is -1.77. The monoisotopic (exact) mass is 333 g/mol. The maximum atomic E-state index is 5.83. The molecule has 2 aromatic rings. The normalized spacial score (nSPS) is 20.0. The van der Waals surface area contributed by atoms with E-state index in [1.165, 1.54) is 6.33 Å². The number of nitrogen functional groups attached to an aromatic ring is 1. The summed E-state index contributed by atoms with van der Waals surface area (Å²) < 4.78 is 7.25. The number of rotatable bonds is 7. The van der Waals surface area contributed by atoms with Gasteiger partial charge in [-0.25, -0.2) is 15.0 Å². The van der Waals surface area contributed by atoms with Gasteiger partial charge >= 0.3 is 0 Å². The predicted molar refractivity (Wildman–Crippen MR) is 93.7 cm³/mol. The molecule has 0 unspecified atom stereocenters. The van der Waals surface area contributed by atoms with Gasteiger partial charge in [-0.05, 0) is 19.9 Å². The van der Waals surface area contributed by atoms with Crippen LogP contribution in [0.2, 0.25) is 0 Å². The molecule has 8 heteroatoms. The molecule has 2 N–H and O–H groups in total. The highest BCUT2D eigenvalue weighted by molar-refractivity contribution is 5.80. The van der Waals surface area contributed by atoms with Gasteiger partial charge < -0.3 is 19.9 Å². The van der Waals surface area contributed by atoms with Crippen LogP contribution < -0.4 is 5.73 Å². The Bertz CT molecular complexity index is 659. The van der Waals surface area contributed by atoms with Gasteiger partial charge in [-0.3, -0.25) is 4.90 Å². The fourth-order valence-electron chi connectivity index (χ4n) is 3.34. The number of imidazole rings is 1. The molecule has 0 aliphatic carbocycles. The van der Waals surface area contributed by atoms with Gasteiger partial charge in [0.25, 0.3) is 0 Å². The quantitative estimate of drug-likeness (QED) is 0.787. The number of aryl methyl sites for hydroxylation is 1. The van der Waals surface area contributed by atoms with Crippen LogP contribution in [0.4, 0.5) is 5.82 Å². The van der Waals surface area contributed by atoms with Crippen LogP contribution >= 0.6 is 0 Å². The van der Waals surface area contributed by atoms with E-state index in [2.05, 4.69) is 36.2 Å². The molecule has 0 bridgehead atoms. The zero-order valence-electron chi connectivity index (χ0n) is 14.6. The van der Waals surface area contributed by atoms with Gasteiger partial charge in [0.15, 0.2) is 11.5 Å². The van der Waals surface area contributed by atoms with Gasteiger partial charge in [-0.2, -0.15) is 0 Å². The van der Waals surface area contributed by atoms with Gasteiger partial charge in [0.2, 0.25) is 0 Å². The molecule has 0 amide bonds. The van der Waals surface area contributed by atoms with Crippen molar-refractivity contribution >= 4 is 17.0 Å². The standard InChI is InChI=1S/C16H27N7O/c1-13-10-21(6-7-22(13)8-9-24-2)4-3-5-23-12-20-14-15(17)18-11-19-16(14)23/h11-13H,3-10H2,1-2H3,(H2,17,18,19)/t13-/m0/s1. The SMILES string of the molecule is COCCN1CCN(CCCn2cnc3c(N)ncnc32)C[C@@H]1C. The molecule has 1 aliphatic rings. The van der Waals surface area contributed by atoms with E-state index < -0.39 is 0 Å². The number of methoxy groups -OCH3 is 1. The molecule has 1 aliphatic heterocycles. The van der Waals surface area contributed by atoms with E-state index >= 15 is 0 Å². The number of piperazine rings is 1. The lowest BCUT2D eigenvalue weighted by atomic mass is 10.2. The van der Waals surface area contributed by atoms with Crippen LogP contribution in [0, 0.1) is 0 Å². The highest BCUT2D eigenvalue weighted by atomic mass is 16.5. The van der Waals surface area contributed by atoms with Crippen molar-refractivity contribution in [2.75, 3.05) is 52.2 Å². The lowest BCUT2D eigenvalue weighted by molar-refractivity contribution is 0.0581. The summed E-state index contributed by atoms with van der Waals surface area (Å²) in [5.41, 5.74) is 7.34. The number of hydrogen-bond donors (Lipinski definition) is 1. The Morgan fingerprint density at radius 1 is 1.21 bits per heavy atom. The molecule has 8 nitrogen and oxygen atoms in total. The molecule has 3 heterocycles. The lowest BCUT2D eigenvalue weighted by Gasteiger charge is -2.39. The van der Waals surface area contributed by atoms with Gasteiger partial charge in [0.05, 0.1) is 12.9 Å². The third-order valence-corrected chi connectivity index (χ3v) is 4.73. The van der Waals surface area contributed by atoms with Crippen LogP contribution in [0.5, 0.6) is 0 Å². The summed E-state index contributed by atoms with van der Waals surface area (Å²) in [5.74, 6) is 0.444. The molecular formula is C16H27N7O. The first-order chi connectivity index (χ1) is 11.7. The summed E-state index contributed by atoms with van der Waals surface area (Å²) in [5, 5.41) is 0. The van der Waals surface area contributed by atoms with E-state index in [1.54, 1.807) is 13.4 Å². The molecule has 1 saturated heterocycles. The molecular weight excluding hydrogens is 306 g/mol. The Kier molecular flexibility index (Phi) is 5.60. The Morgan fingerprint density at radius 2 is 2.08 bits per heavy atom. The molecule has 132 valence electrons.